The van der Waals surface area contributed by atoms with Crippen molar-refractivity contribution in [3.8, 4) is 0 Å². The first-order valence-corrected chi connectivity index (χ1v) is 9.47. The van der Waals surface area contributed by atoms with Crippen molar-refractivity contribution in [3.05, 3.63) is 42.2 Å². The van der Waals surface area contributed by atoms with Crippen molar-refractivity contribution in [2.75, 3.05) is 7.05 Å². The van der Waals surface area contributed by atoms with E-state index in [4.69, 9.17) is 5.11 Å². The van der Waals surface area contributed by atoms with Crippen LogP contribution in [-0.4, -0.2) is 45.4 Å². The molecule has 0 spiro atoms. The third-order valence-electron chi connectivity index (χ3n) is 5.47. The summed E-state index contributed by atoms with van der Waals surface area (Å²) in [6.07, 6.45) is 5.55. The molecule has 1 atom stereocenters. The summed E-state index contributed by atoms with van der Waals surface area (Å²) in [6.45, 7) is 0.481. The van der Waals surface area contributed by atoms with Crippen LogP contribution in [0.15, 0.2) is 36.7 Å². The van der Waals surface area contributed by atoms with Crippen LogP contribution in [0.25, 0.3) is 10.8 Å². The maximum atomic E-state index is 12.7. The Morgan fingerprint density at radius 1 is 1.25 bits per heavy atom. The molecule has 1 fully saturated rings. The average molecular weight is 383 g/mol. The number of carbonyl (C=O) groups excluding carboxylic acids is 2. The lowest BCUT2D eigenvalue weighted by Crippen LogP contribution is -2.43. The standard InChI is InChI=1S/C21H25N3O4/c1-24(14-16-4-2-3-15-13-22-12-8-17(15)16)19(26)6-10-21(11-7-20(27)28)9-5-18(25)23-21/h2-4,8,12-13H,5-7,9-11,14H2,1H3,(H,23,25)(H,27,28). The van der Waals surface area contributed by atoms with Gasteiger partial charge in [-0.05, 0) is 36.3 Å². The summed E-state index contributed by atoms with van der Waals surface area (Å²) in [7, 11) is 1.76. The molecule has 2 aromatic rings. The molecule has 2 N–H and O–H groups in total. The second-order valence-electron chi connectivity index (χ2n) is 7.49. The van der Waals surface area contributed by atoms with Gasteiger partial charge in [0.15, 0.2) is 0 Å². The summed E-state index contributed by atoms with van der Waals surface area (Å²) in [5, 5.41) is 14.0. The highest BCUT2D eigenvalue weighted by atomic mass is 16.4. The van der Waals surface area contributed by atoms with E-state index in [1.807, 2.05) is 24.3 Å². The van der Waals surface area contributed by atoms with Gasteiger partial charge in [-0.25, -0.2) is 0 Å². The third kappa shape index (κ3) is 4.65. The van der Waals surface area contributed by atoms with E-state index in [1.54, 1.807) is 24.3 Å². The van der Waals surface area contributed by atoms with Crippen LogP contribution < -0.4 is 5.32 Å². The zero-order chi connectivity index (χ0) is 20.1. The van der Waals surface area contributed by atoms with Crippen molar-refractivity contribution < 1.29 is 19.5 Å². The normalized spacial score (nSPS) is 18.8. The fourth-order valence-electron chi connectivity index (χ4n) is 3.83. The molecular weight excluding hydrogens is 358 g/mol. The second-order valence-corrected chi connectivity index (χ2v) is 7.49. The van der Waals surface area contributed by atoms with E-state index in [0.717, 1.165) is 16.3 Å². The number of nitrogens with one attached hydrogen (secondary N) is 1. The molecule has 0 bridgehead atoms. The topological polar surface area (TPSA) is 99.6 Å². The van der Waals surface area contributed by atoms with Gasteiger partial charge in [0, 0.05) is 56.2 Å². The molecule has 7 nitrogen and oxygen atoms in total. The van der Waals surface area contributed by atoms with Crippen molar-refractivity contribution in [2.45, 2.75) is 50.6 Å². The number of hydrogen-bond donors (Lipinski definition) is 2. The van der Waals surface area contributed by atoms with Crippen molar-refractivity contribution in [1.82, 2.24) is 15.2 Å². The number of nitrogens with zero attached hydrogens (tertiary/aromatic N) is 2. The van der Waals surface area contributed by atoms with Crippen LogP contribution in [0, 0.1) is 0 Å². The molecule has 2 heterocycles. The predicted octanol–water partition coefficient (Wildman–Crippen LogP) is 2.49. The van der Waals surface area contributed by atoms with Gasteiger partial charge in [0.05, 0.1) is 0 Å². The van der Waals surface area contributed by atoms with E-state index >= 15 is 0 Å². The summed E-state index contributed by atoms with van der Waals surface area (Å²) in [6, 6.07) is 7.88. The van der Waals surface area contributed by atoms with Gasteiger partial charge in [-0.1, -0.05) is 18.2 Å². The highest BCUT2D eigenvalue weighted by Crippen LogP contribution is 2.30. The predicted molar refractivity (Wildman–Crippen MR) is 104 cm³/mol. The molecule has 0 saturated carbocycles. The SMILES string of the molecule is CN(Cc1cccc2cnccc12)C(=O)CCC1(CCC(=O)O)CCC(=O)N1. The van der Waals surface area contributed by atoms with Gasteiger partial charge in [0.1, 0.15) is 0 Å². The summed E-state index contributed by atoms with van der Waals surface area (Å²) < 4.78 is 0. The van der Waals surface area contributed by atoms with Gasteiger partial charge in [0.2, 0.25) is 11.8 Å². The van der Waals surface area contributed by atoms with Gasteiger partial charge >= 0.3 is 5.97 Å². The van der Waals surface area contributed by atoms with Crippen molar-refractivity contribution >= 4 is 28.6 Å². The minimum Gasteiger partial charge on any atom is -0.481 e. The number of hydrogen-bond acceptors (Lipinski definition) is 4. The van der Waals surface area contributed by atoms with Gasteiger partial charge in [0.25, 0.3) is 0 Å². The molecular formula is C21H25N3O4. The van der Waals surface area contributed by atoms with E-state index in [9.17, 15) is 14.4 Å². The monoisotopic (exact) mass is 383 g/mol. The van der Waals surface area contributed by atoms with E-state index < -0.39 is 11.5 Å². The fraction of sp³-hybridized carbons (Fsp3) is 0.429. The number of rotatable bonds is 8. The first-order chi connectivity index (χ1) is 13.4. The zero-order valence-electron chi connectivity index (χ0n) is 16.0. The maximum absolute atomic E-state index is 12.7. The molecule has 7 heteroatoms. The highest BCUT2D eigenvalue weighted by Gasteiger charge is 2.38. The Morgan fingerprint density at radius 2 is 2.04 bits per heavy atom. The van der Waals surface area contributed by atoms with Crippen LogP contribution >= 0.6 is 0 Å². The molecule has 1 unspecified atom stereocenters. The number of aliphatic carboxylic acids is 1. The Morgan fingerprint density at radius 3 is 2.75 bits per heavy atom. The molecule has 2 amide bonds. The Labute approximate surface area is 163 Å². The first kappa shape index (κ1) is 19.8. The van der Waals surface area contributed by atoms with Crippen LogP contribution in [0.1, 0.15) is 44.1 Å². The average Bonchev–Trinajstić information content (AvgIpc) is 3.06. The number of aromatic nitrogens is 1. The lowest BCUT2D eigenvalue weighted by molar-refractivity contribution is -0.137. The van der Waals surface area contributed by atoms with Gasteiger partial charge in [-0.3, -0.25) is 19.4 Å². The van der Waals surface area contributed by atoms with Crippen LogP contribution in [0.3, 0.4) is 0 Å². The fourth-order valence-corrected chi connectivity index (χ4v) is 3.83. The molecule has 1 aromatic heterocycles. The number of carbonyl (C=O) groups is 3. The quantitative estimate of drug-likeness (QED) is 0.730. The first-order valence-electron chi connectivity index (χ1n) is 9.47. The van der Waals surface area contributed by atoms with Crippen molar-refractivity contribution in [1.29, 1.82) is 0 Å². The summed E-state index contributed by atoms with van der Waals surface area (Å²) in [5.74, 6) is -0.994. The van der Waals surface area contributed by atoms with Crippen LogP contribution in [0.5, 0.6) is 0 Å². The summed E-state index contributed by atoms with van der Waals surface area (Å²) >= 11 is 0. The number of amides is 2. The van der Waals surface area contributed by atoms with E-state index in [2.05, 4.69) is 10.3 Å². The molecule has 3 rings (SSSR count). The van der Waals surface area contributed by atoms with Crippen LogP contribution in [0.4, 0.5) is 0 Å². The molecule has 1 saturated heterocycles. The summed E-state index contributed by atoms with van der Waals surface area (Å²) in [5.41, 5.74) is 0.461. The van der Waals surface area contributed by atoms with Crippen molar-refractivity contribution in [3.63, 3.8) is 0 Å². The van der Waals surface area contributed by atoms with E-state index in [1.165, 1.54) is 0 Å². The number of fused-ring (bicyclic) bond motifs is 1. The molecule has 1 aromatic carbocycles. The molecule has 0 aliphatic carbocycles. The number of carboxylic acids is 1. The minimum absolute atomic E-state index is 0.0195. The van der Waals surface area contributed by atoms with Crippen LogP contribution in [-0.2, 0) is 20.9 Å². The number of pyridine rings is 1. The molecule has 28 heavy (non-hydrogen) atoms. The van der Waals surface area contributed by atoms with Gasteiger partial charge in [-0.15, -0.1) is 0 Å². The van der Waals surface area contributed by atoms with Crippen molar-refractivity contribution in [2.24, 2.45) is 0 Å². The largest absolute Gasteiger partial charge is 0.481 e. The lowest BCUT2D eigenvalue weighted by Gasteiger charge is -2.29. The van der Waals surface area contributed by atoms with E-state index in [-0.39, 0.29) is 24.7 Å². The molecule has 1 aliphatic rings. The minimum atomic E-state index is -0.894. The molecule has 148 valence electrons. The Hall–Kier alpha value is -2.96. The lowest BCUT2D eigenvalue weighted by atomic mass is 9.86. The molecule has 0 radical (unpaired) electrons. The third-order valence-corrected chi connectivity index (χ3v) is 5.47. The number of benzene rings is 1. The number of carboxylic acid groups (broad SMARTS) is 1. The van der Waals surface area contributed by atoms with Gasteiger partial charge < -0.3 is 15.3 Å². The maximum Gasteiger partial charge on any atom is 0.303 e. The van der Waals surface area contributed by atoms with Gasteiger partial charge in [-0.2, -0.15) is 0 Å². The smallest absolute Gasteiger partial charge is 0.303 e. The Kier molecular flexibility index (Phi) is 5.92. The van der Waals surface area contributed by atoms with E-state index in [0.29, 0.717) is 32.2 Å². The second kappa shape index (κ2) is 8.37. The summed E-state index contributed by atoms with van der Waals surface area (Å²) in [4.78, 5) is 41.1. The van der Waals surface area contributed by atoms with Crippen LogP contribution in [0.2, 0.25) is 0 Å². The Bertz CT molecular complexity index is 893. The zero-order valence-corrected chi connectivity index (χ0v) is 16.0. The molecule has 1 aliphatic heterocycles. The highest BCUT2D eigenvalue weighted by molar-refractivity contribution is 5.85. The Balaban J connectivity index is 1.63.